The highest BCUT2D eigenvalue weighted by molar-refractivity contribution is 9.10. The van der Waals surface area contributed by atoms with E-state index < -0.39 is 10.0 Å². The van der Waals surface area contributed by atoms with Crippen molar-refractivity contribution in [2.24, 2.45) is 5.73 Å². The van der Waals surface area contributed by atoms with E-state index in [0.717, 1.165) is 18.4 Å². The number of nitrogens with one attached hydrogen (secondary N) is 1. The summed E-state index contributed by atoms with van der Waals surface area (Å²) in [6.45, 7) is 0.810. The fourth-order valence-corrected chi connectivity index (χ4v) is 5.52. The van der Waals surface area contributed by atoms with Gasteiger partial charge in [0, 0.05) is 35.7 Å². The Labute approximate surface area is 138 Å². The Balaban J connectivity index is 2.00. The van der Waals surface area contributed by atoms with Crippen LogP contribution in [0.1, 0.15) is 24.8 Å². The average molecular weight is 388 g/mol. The van der Waals surface area contributed by atoms with Crippen LogP contribution in [0.15, 0.2) is 21.5 Å². The Bertz CT molecular complexity index is 720. The number of benzene rings is 1. The first-order chi connectivity index (χ1) is 10.4. The maximum Gasteiger partial charge on any atom is 0.244 e. The Morgan fingerprint density at radius 3 is 2.82 bits per heavy atom. The number of carbonyl (C=O) groups is 1. The minimum Gasteiger partial charge on any atom is -0.327 e. The zero-order valence-electron chi connectivity index (χ0n) is 12.0. The highest BCUT2D eigenvalue weighted by Gasteiger charge is 2.31. The summed E-state index contributed by atoms with van der Waals surface area (Å²) in [5.41, 5.74) is 7.42. The number of rotatable bonds is 2. The van der Waals surface area contributed by atoms with Gasteiger partial charge in [-0.05, 0) is 52.9 Å². The second-order valence-electron chi connectivity index (χ2n) is 5.75. The lowest BCUT2D eigenvalue weighted by Gasteiger charge is -2.30. The van der Waals surface area contributed by atoms with E-state index in [1.165, 1.54) is 4.31 Å². The molecule has 0 aromatic heterocycles. The fourth-order valence-electron chi connectivity index (χ4n) is 2.91. The molecule has 1 aromatic rings. The SMILES string of the molecule is NC1CCCN(S(=O)(=O)c2cc3c(cc2Br)CCC(=O)N3)C1. The standard InChI is InChI=1S/C14H18BrN3O3S/c15-11-6-9-3-4-14(19)17-12(9)7-13(11)22(20,21)18-5-1-2-10(16)8-18/h6-7,10H,1-5,8,16H2,(H,17,19). The number of nitrogens with zero attached hydrogens (tertiary/aromatic N) is 1. The molecule has 120 valence electrons. The predicted molar refractivity (Wildman–Crippen MR) is 87.1 cm³/mol. The first-order valence-electron chi connectivity index (χ1n) is 7.26. The number of anilines is 1. The van der Waals surface area contributed by atoms with Gasteiger partial charge >= 0.3 is 0 Å². The van der Waals surface area contributed by atoms with Gasteiger partial charge < -0.3 is 11.1 Å². The van der Waals surface area contributed by atoms with Crippen LogP contribution in [-0.2, 0) is 21.2 Å². The van der Waals surface area contributed by atoms with Crippen molar-refractivity contribution in [2.75, 3.05) is 18.4 Å². The molecule has 3 rings (SSSR count). The molecule has 22 heavy (non-hydrogen) atoms. The summed E-state index contributed by atoms with van der Waals surface area (Å²) in [5.74, 6) is -0.0850. The number of nitrogens with two attached hydrogens (primary N) is 1. The third kappa shape index (κ3) is 2.92. The number of sulfonamides is 1. The summed E-state index contributed by atoms with van der Waals surface area (Å²) < 4.78 is 27.7. The maximum absolute atomic E-state index is 12.8. The Hall–Kier alpha value is -0.960. The third-order valence-corrected chi connectivity index (χ3v) is 6.92. The number of aryl methyl sites for hydroxylation is 1. The average Bonchev–Trinajstić information content (AvgIpc) is 2.47. The topological polar surface area (TPSA) is 92.5 Å². The largest absolute Gasteiger partial charge is 0.327 e. The molecule has 0 saturated carbocycles. The molecule has 0 radical (unpaired) electrons. The van der Waals surface area contributed by atoms with E-state index in [4.69, 9.17) is 5.73 Å². The van der Waals surface area contributed by atoms with Gasteiger partial charge in [-0.15, -0.1) is 0 Å². The number of hydrogen-bond donors (Lipinski definition) is 2. The number of hydrogen-bond acceptors (Lipinski definition) is 4. The monoisotopic (exact) mass is 387 g/mol. The summed E-state index contributed by atoms with van der Waals surface area (Å²) in [6.07, 6.45) is 2.65. The molecule has 0 bridgehead atoms. The van der Waals surface area contributed by atoms with E-state index >= 15 is 0 Å². The van der Waals surface area contributed by atoms with Crippen LogP contribution in [0.5, 0.6) is 0 Å². The highest BCUT2D eigenvalue weighted by Crippen LogP contribution is 2.34. The molecule has 1 saturated heterocycles. The molecule has 1 atom stereocenters. The molecule has 2 heterocycles. The van der Waals surface area contributed by atoms with E-state index in [1.807, 2.05) is 0 Å². The van der Waals surface area contributed by atoms with Gasteiger partial charge in [0.05, 0.1) is 4.90 Å². The summed E-state index contributed by atoms with van der Waals surface area (Å²) in [6, 6.07) is 3.21. The van der Waals surface area contributed by atoms with E-state index in [1.54, 1.807) is 12.1 Å². The molecule has 3 N–H and O–H groups in total. The smallest absolute Gasteiger partial charge is 0.244 e. The lowest BCUT2D eigenvalue weighted by atomic mass is 10.0. The van der Waals surface area contributed by atoms with Gasteiger partial charge in [-0.3, -0.25) is 4.79 Å². The van der Waals surface area contributed by atoms with Crippen LogP contribution >= 0.6 is 15.9 Å². The van der Waals surface area contributed by atoms with Crippen molar-refractivity contribution in [1.82, 2.24) is 4.31 Å². The first-order valence-corrected chi connectivity index (χ1v) is 9.49. The quantitative estimate of drug-likeness (QED) is 0.802. The number of amides is 1. The molecule has 1 fully saturated rings. The molecular formula is C14H18BrN3O3S. The highest BCUT2D eigenvalue weighted by atomic mass is 79.9. The van der Waals surface area contributed by atoms with Crippen molar-refractivity contribution < 1.29 is 13.2 Å². The van der Waals surface area contributed by atoms with E-state index in [9.17, 15) is 13.2 Å². The zero-order chi connectivity index (χ0) is 15.9. The van der Waals surface area contributed by atoms with Crippen LogP contribution in [0.3, 0.4) is 0 Å². The van der Waals surface area contributed by atoms with Crippen molar-refractivity contribution in [3.05, 3.63) is 22.2 Å². The van der Waals surface area contributed by atoms with Gasteiger partial charge in [0.1, 0.15) is 0 Å². The van der Waals surface area contributed by atoms with Crippen LogP contribution in [0, 0.1) is 0 Å². The van der Waals surface area contributed by atoms with Crippen molar-refractivity contribution in [3.63, 3.8) is 0 Å². The molecule has 1 amide bonds. The summed E-state index contributed by atoms with van der Waals surface area (Å²) in [7, 11) is -3.62. The Kier molecular flexibility index (Phi) is 4.28. The third-order valence-electron chi connectivity index (χ3n) is 4.09. The van der Waals surface area contributed by atoms with Crippen LogP contribution in [0.25, 0.3) is 0 Å². The van der Waals surface area contributed by atoms with Crippen LogP contribution in [0.4, 0.5) is 5.69 Å². The minimum atomic E-state index is -3.62. The number of piperidine rings is 1. The molecule has 0 spiro atoms. The van der Waals surface area contributed by atoms with Gasteiger partial charge in [-0.1, -0.05) is 0 Å². The van der Waals surface area contributed by atoms with Crippen molar-refractivity contribution in [3.8, 4) is 0 Å². The molecule has 6 nitrogen and oxygen atoms in total. The molecular weight excluding hydrogens is 370 g/mol. The van der Waals surface area contributed by atoms with E-state index in [0.29, 0.717) is 36.1 Å². The molecule has 0 aliphatic carbocycles. The molecule has 2 aliphatic heterocycles. The van der Waals surface area contributed by atoms with E-state index in [2.05, 4.69) is 21.2 Å². The second-order valence-corrected chi connectivity index (χ2v) is 8.51. The van der Waals surface area contributed by atoms with E-state index in [-0.39, 0.29) is 16.8 Å². The summed E-state index contributed by atoms with van der Waals surface area (Å²) >= 11 is 3.36. The van der Waals surface area contributed by atoms with Gasteiger partial charge in [-0.25, -0.2) is 8.42 Å². The number of carbonyl (C=O) groups excluding carboxylic acids is 1. The minimum absolute atomic E-state index is 0.0850. The molecule has 2 aliphatic rings. The lowest BCUT2D eigenvalue weighted by molar-refractivity contribution is -0.116. The van der Waals surface area contributed by atoms with Crippen LogP contribution in [0.2, 0.25) is 0 Å². The fraction of sp³-hybridized carbons (Fsp3) is 0.500. The Morgan fingerprint density at radius 2 is 2.09 bits per heavy atom. The van der Waals surface area contributed by atoms with Gasteiger partial charge in [0.25, 0.3) is 0 Å². The van der Waals surface area contributed by atoms with Gasteiger partial charge in [-0.2, -0.15) is 4.31 Å². The van der Waals surface area contributed by atoms with Crippen LogP contribution < -0.4 is 11.1 Å². The zero-order valence-corrected chi connectivity index (χ0v) is 14.4. The van der Waals surface area contributed by atoms with Crippen molar-refractivity contribution in [1.29, 1.82) is 0 Å². The van der Waals surface area contributed by atoms with Crippen molar-refractivity contribution >= 4 is 37.5 Å². The number of halogens is 1. The molecule has 1 aromatic carbocycles. The first kappa shape index (κ1) is 15.9. The summed E-state index contributed by atoms with van der Waals surface area (Å²) in [4.78, 5) is 11.7. The van der Waals surface area contributed by atoms with Gasteiger partial charge in [0.2, 0.25) is 15.9 Å². The summed E-state index contributed by atoms with van der Waals surface area (Å²) in [5, 5.41) is 2.74. The van der Waals surface area contributed by atoms with Crippen molar-refractivity contribution in [2.45, 2.75) is 36.6 Å². The number of fused-ring (bicyclic) bond motifs is 1. The molecule has 1 unspecified atom stereocenters. The normalized spacial score (nSPS) is 23.0. The second kappa shape index (κ2) is 5.92. The molecule has 8 heteroatoms. The maximum atomic E-state index is 12.8. The van der Waals surface area contributed by atoms with Gasteiger partial charge in [0.15, 0.2) is 0 Å². The predicted octanol–water partition coefficient (Wildman–Crippen LogP) is 1.45. The lowest BCUT2D eigenvalue weighted by Crippen LogP contribution is -2.45. The Morgan fingerprint density at radius 1 is 1.32 bits per heavy atom. The van der Waals surface area contributed by atoms with Crippen LogP contribution in [-0.4, -0.2) is 37.8 Å².